The van der Waals surface area contributed by atoms with E-state index in [1.165, 1.54) is 42.5 Å². The molecule has 2 nitrogen and oxygen atoms in total. The van der Waals surface area contributed by atoms with E-state index in [2.05, 4.69) is 23.8 Å². The van der Waals surface area contributed by atoms with Crippen LogP contribution in [0.5, 0.6) is 0 Å². The summed E-state index contributed by atoms with van der Waals surface area (Å²) in [5.74, 6) is 8.70. The Balaban J connectivity index is 1.69. The first kappa shape index (κ1) is 11.7. The van der Waals surface area contributed by atoms with E-state index in [9.17, 15) is 0 Å². The molecule has 94 valence electrons. The predicted octanol–water partition coefficient (Wildman–Crippen LogP) is 3.39. The number of rotatable bonds is 4. The van der Waals surface area contributed by atoms with Gasteiger partial charge in [-0.3, -0.25) is 11.3 Å². The highest BCUT2D eigenvalue weighted by molar-refractivity contribution is 7.10. The lowest BCUT2D eigenvalue weighted by atomic mass is 9.83. The summed E-state index contributed by atoms with van der Waals surface area (Å²) in [6.45, 7) is 2.20. The highest BCUT2D eigenvalue weighted by atomic mass is 32.1. The molecule has 3 N–H and O–H groups in total. The molecule has 0 spiro atoms. The maximum absolute atomic E-state index is 5.76. The van der Waals surface area contributed by atoms with Crippen LogP contribution >= 0.6 is 11.3 Å². The van der Waals surface area contributed by atoms with Gasteiger partial charge in [0.1, 0.15) is 0 Å². The van der Waals surface area contributed by atoms with Crippen molar-refractivity contribution in [1.29, 1.82) is 0 Å². The Kier molecular flexibility index (Phi) is 3.24. The summed E-state index contributed by atoms with van der Waals surface area (Å²) in [5, 5.41) is 2.18. The van der Waals surface area contributed by atoms with Crippen molar-refractivity contribution in [2.45, 2.75) is 45.1 Å². The molecule has 4 atom stereocenters. The van der Waals surface area contributed by atoms with Gasteiger partial charge in [-0.05, 0) is 67.4 Å². The molecule has 0 radical (unpaired) electrons. The van der Waals surface area contributed by atoms with Gasteiger partial charge in [-0.2, -0.15) is 0 Å². The van der Waals surface area contributed by atoms with Crippen LogP contribution in [0.25, 0.3) is 0 Å². The monoisotopic (exact) mass is 250 g/mol. The molecule has 2 aliphatic rings. The maximum Gasteiger partial charge on any atom is 0.0473 e. The van der Waals surface area contributed by atoms with Crippen LogP contribution in [0.3, 0.4) is 0 Å². The van der Waals surface area contributed by atoms with Crippen LogP contribution in [-0.4, -0.2) is 0 Å². The van der Waals surface area contributed by atoms with Crippen LogP contribution < -0.4 is 11.3 Å². The van der Waals surface area contributed by atoms with Crippen molar-refractivity contribution in [1.82, 2.24) is 5.43 Å². The number of fused-ring (bicyclic) bond motifs is 2. The van der Waals surface area contributed by atoms with Gasteiger partial charge in [0, 0.05) is 10.9 Å². The zero-order valence-corrected chi connectivity index (χ0v) is 11.3. The normalized spacial score (nSPS) is 33.2. The average molecular weight is 250 g/mol. The van der Waals surface area contributed by atoms with Gasteiger partial charge in [0.2, 0.25) is 0 Å². The first-order valence-electron chi connectivity index (χ1n) is 6.78. The predicted molar refractivity (Wildman–Crippen MR) is 72.7 cm³/mol. The number of thiophene rings is 1. The number of hydrazine groups is 1. The fourth-order valence-electron chi connectivity index (χ4n) is 4.01. The Morgan fingerprint density at radius 1 is 1.47 bits per heavy atom. The molecule has 1 aromatic heterocycles. The molecule has 0 aromatic carbocycles. The van der Waals surface area contributed by atoms with Crippen LogP contribution in [0.1, 0.15) is 48.6 Å². The van der Waals surface area contributed by atoms with Crippen molar-refractivity contribution in [3.8, 4) is 0 Å². The molecule has 1 heterocycles. The van der Waals surface area contributed by atoms with Crippen LogP contribution in [-0.2, 0) is 0 Å². The number of nitrogens with two attached hydrogens (primary N) is 1. The van der Waals surface area contributed by atoms with Crippen LogP contribution in [0, 0.1) is 24.7 Å². The van der Waals surface area contributed by atoms with Gasteiger partial charge in [-0.15, -0.1) is 11.3 Å². The summed E-state index contributed by atoms with van der Waals surface area (Å²) in [6.07, 6.45) is 7.13. The summed E-state index contributed by atoms with van der Waals surface area (Å²) in [5.41, 5.74) is 4.46. The fraction of sp³-hybridized carbons (Fsp3) is 0.714. The van der Waals surface area contributed by atoms with Gasteiger partial charge in [-0.1, -0.05) is 6.42 Å². The smallest absolute Gasteiger partial charge is 0.0473 e. The van der Waals surface area contributed by atoms with Crippen molar-refractivity contribution < 1.29 is 0 Å². The summed E-state index contributed by atoms with van der Waals surface area (Å²) in [6, 6.07) is 2.60. The highest BCUT2D eigenvalue weighted by Gasteiger charge is 2.40. The third-order valence-corrected chi connectivity index (χ3v) is 5.76. The lowest BCUT2D eigenvalue weighted by Crippen LogP contribution is -2.30. The molecule has 2 aliphatic carbocycles. The second-order valence-electron chi connectivity index (χ2n) is 5.82. The fourth-order valence-corrected chi connectivity index (χ4v) is 4.77. The van der Waals surface area contributed by atoms with Crippen molar-refractivity contribution in [3.05, 3.63) is 21.9 Å². The Bertz CT molecular complexity index is 387. The molecular formula is C14H22N2S. The Morgan fingerprint density at radius 2 is 2.35 bits per heavy atom. The number of aryl methyl sites for hydroxylation is 1. The van der Waals surface area contributed by atoms with Crippen molar-refractivity contribution in [2.24, 2.45) is 23.6 Å². The molecule has 0 aliphatic heterocycles. The van der Waals surface area contributed by atoms with E-state index in [-0.39, 0.29) is 0 Å². The maximum atomic E-state index is 5.76. The molecule has 2 saturated carbocycles. The minimum Gasteiger partial charge on any atom is -0.271 e. The van der Waals surface area contributed by atoms with E-state index >= 15 is 0 Å². The third kappa shape index (κ3) is 2.16. The summed E-state index contributed by atoms with van der Waals surface area (Å²) < 4.78 is 0. The number of hydrogen-bond donors (Lipinski definition) is 2. The summed E-state index contributed by atoms with van der Waals surface area (Å²) >= 11 is 1.83. The van der Waals surface area contributed by atoms with Gasteiger partial charge < -0.3 is 0 Å². The highest BCUT2D eigenvalue weighted by Crippen LogP contribution is 2.51. The second-order valence-corrected chi connectivity index (χ2v) is 6.94. The van der Waals surface area contributed by atoms with Crippen LogP contribution in [0.4, 0.5) is 0 Å². The summed E-state index contributed by atoms with van der Waals surface area (Å²) in [7, 11) is 0. The minimum absolute atomic E-state index is 0.366. The van der Waals surface area contributed by atoms with Crippen molar-refractivity contribution >= 4 is 11.3 Å². The molecule has 2 bridgehead atoms. The van der Waals surface area contributed by atoms with Gasteiger partial charge in [0.15, 0.2) is 0 Å². The lowest BCUT2D eigenvalue weighted by Gasteiger charge is -2.26. The average Bonchev–Trinajstić information content (AvgIpc) is 3.02. The minimum atomic E-state index is 0.366. The molecule has 0 amide bonds. The molecule has 3 heteroatoms. The quantitative estimate of drug-likeness (QED) is 0.635. The zero-order chi connectivity index (χ0) is 11.8. The topological polar surface area (TPSA) is 38.0 Å². The van der Waals surface area contributed by atoms with Crippen LogP contribution in [0.15, 0.2) is 11.4 Å². The molecule has 3 rings (SSSR count). The van der Waals surface area contributed by atoms with Gasteiger partial charge in [0.25, 0.3) is 0 Å². The molecule has 17 heavy (non-hydrogen) atoms. The number of hydrogen-bond acceptors (Lipinski definition) is 3. The Hall–Kier alpha value is -0.380. The van der Waals surface area contributed by atoms with E-state index in [1.54, 1.807) is 0 Å². The van der Waals surface area contributed by atoms with Gasteiger partial charge in [-0.25, -0.2) is 0 Å². The first-order valence-corrected chi connectivity index (χ1v) is 7.66. The van der Waals surface area contributed by atoms with E-state index in [0.29, 0.717) is 6.04 Å². The van der Waals surface area contributed by atoms with Crippen LogP contribution in [0.2, 0.25) is 0 Å². The van der Waals surface area contributed by atoms with E-state index < -0.39 is 0 Å². The van der Waals surface area contributed by atoms with E-state index in [4.69, 9.17) is 5.84 Å². The zero-order valence-electron chi connectivity index (χ0n) is 10.5. The van der Waals surface area contributed by atoms with Crippen molar-refractivity contribution in [3.63, 3.8) is 0 Å². The first-order chi connectivity index (χ1) is 8.28. The summed E-state index contributed by atoms with van der Waals surface area (Å²) in [4.78, 5) is 1.41. The lowest BCUT2D eigenvalue weighted by molar-refractivity contribution is 0.280. The largest absolute Gasteiger partial charge is 0.271 e. The van der Waals surface area contributed by atoms with E-state index in [0.717, 1.165) is 17.8 Å². The molecule has 0 saturated heterocycles. The molecule has 4 unspecified atom stereocenters. The molecule has 2 fully saturated rings. The Labute approximate surface area is 108 Å². The van der Waals surface area contributed by atoms with E-state index in [1.807, 2.05) is 11.3 Å². The van der Waals surface area contributed by atoms with Crippen molar-refractivity contribution in [2.75, 3.05) is 0 Å². The SMILES string of the molecule is Cc1sccc1C(CC1CC2CCC1C2)NN. The second kappa shape index (κ2) is 4.71. The van der Waals surface area contributed by atoms with Gasteiger partial charge in [0.05, 0.1) is 0 Å². The standard InChI is InChI=1S/C14H22N2S/c1-9-13(4-5-17-9)14(16-15)8-12-7-10-2-3-11(12)6-10/h4-5,10-12,14,16H,2-3,6-8,15H2,1H3. The Morgan fingerprint density at radius 3 is 2.88 bits per heavy atom. The number of nitrogens with one attached hydrogen (secondary N) is 1. The van der Waals surface area contributed by atoms with Gasteiger partial charge >= 0.3 is 0 Å². The molecule has 1 aromatic rings. The third-order valence-electron chi connectivity index (χ3n) is 4.90. The molecular weight excluding hydrogens is 228 g/mol.